The van der Waals surface area contributed by atoms with Gasteiger partial charge in [-0.2, -0.15) is 0 Å². The molecule has 2 amide bonds. The summed E-state index contributed by atoms with van der Waals surface area (Å²) < 4.78 is 1.69. The molecule has 0 saturated carbocycles. The Morgan fingerprint density at radius 3 is 2.52 bits per heavy atom. The van der Waals surface area contributed by atoms with Gasteiger partial charge in [0.2, 0.25) is 11.8 Å². The fraction of sp³-hybridized carbons (Fsp3) is 0.158. The number of thioether (sulfide) groups is 1. The molecule has 0 radical (unpaired) electrons. The number of anilines is 2. The van der Waals surface area contributed by atoms with Crippen molar-refractivity contribution in [2.24, 2.45) is 7.05 Å². The second-order valence-electron chi connectivity index (χ2n) is 5.99. The Morgan fingerprint density at radius 1 is 1.00 bits per heavy atom. The first kappa shape index (κ1) is 21.2. The number of hydrogen-bond acceptors (Lipinski definition) is 5. The van der Waals surface area contributed by atoms with Gasteiger partial charge in [0.25, 0.3) is 0 Å². The quantitative estimate of drug-likeness (QED) is 0.531. The van der Waals surface area contributed by atoms with Gasteiger partial charge in [-0.05, 0) is 24.3 Å². The largest absolute Gasteiger partial charge is 0.326 e. The van der Waals surface area contributed by atoms with Crippen LogP contribution in [-0.2, 0) is 23.1 Å². The number of amides is 2. The van der Waals surface area contributed by atoms with Crippen molar-refractivity contribution in [1.29, 1.82) is 0 Å². The second-order valence-corrected chi connectivity index (χ2v) is 7.71. The van der Waals surface area contributed by atoms with Gasteiger partial charge in [0.15, 0.2) is 5.16 Å². The van der Waals surface area contributed by atoms with E-state index in [0.717, 1.165) is 0 Å². The molecular weight excluding hydrogens is 433 g/mol. The molecule has 0 atom stereocenters. The average molecular weight is 450 g/mol. The summed E-state index contributed by atoms with van der Waals surface area (Å²) in [5, 5.41) is 14.8. The van der Waals surface area contributed by atoms with E-state index >= 15 is 0 Å². The third-order valence-corrected chi connectivity index (χ3v) is 5.70. The molecule has 0 fully saturated rings. The first-order chi connectivity index (χ1) is 13.9. The van der Waals surface area contributed by atoms with Gasteiger partial charge in [0.1, 0.15) is 5.82 Å². The zero-order valence-corrected chi connectivity index (χ0v) is 17.7. The third-order valence-electron chi connectivity index (χ3n) is 3.86. The van der Waals surface area contributed by atoms with Gasteiger partial charge >= 0.3 is 0 Å². The van der Waals surface area contributed by atoms with Crippen LogP contribution in [0.25, 0.3) is 0 Å². The number of nitrogens with one attached hydrogen (secondary N) is 2. The third kappa shape index (κ3) is 5.72. The molecule has 3 rings (SSSR count). The van der Waals surface area contributed by atoms with Gasteiger partial charge in [-0.1, -0.05) is 59.2 Å². The Hall–Kier alpha value is -2.55. The lowest BCUT2D eigenvalue weighted by molar-refractivity contribution is -0.116. The zero-order valence-electron chi connectivity index (χ0n) is 15.4. The van der Waals surface area contributed by atoms with Crippen LogP contribution in [0.2, 0.25) is 10.0 Å². The summed E-state index contributed by atoms with van der Waals surface area (Å²) in [6, 6.07) is 14.2. The summed E-state index contributed by atoms with van der Waals surface area (Å²) in [6.07, 6.45) is 0.0727. The average Bonchev–Trinajstić information content (AvgIpc) is 3.04. The highest BCUT2D eigenvalue weighted by Gasteiger charge is 2.15. The van der Waals surface area contributed by atoms with Gasteiger partial charge in [-0.25, -0.2) is 0 Å². The molecule has 3 aromatic rings. The molecule has 7 nitrogen and oxygen atoms in total. The van der Waals surface area contributed by atoms with Crippen molar-refractivity contribution < 1.29 is 9.59 Å². The molecule has 0 unspecified atom stereocenters. The van der Waals surface area contributed by atoms with Gasteiger partial charge in [0, 0.05) is 12.7 Å². The standard InChI is InChI=1S/C19H17Cl2N5O2S/c1-26-15(10-16(27)22-12-6-3-2-4-7-12)24-25-19(26)29-11-17(28)23-14-9-5-8-13(20)18(14)21/h2-9H,10-11H2,1H3,(H,22,27)(H,23,28). The normalized spacial score (nSPS) is 10.6. The van der Waals surface area contributed by atoms with Crippen LogP contribution in [0.1, 0.15) is 5.82 Å². The predicted octanol–water partition coefficient (Wildman–Crippen LogP) is 4.03. The molecule has 0 aliphatic carbocycles. The van der Waals surface area contributed by atoms with Crippen molar-refractivity contribution in [1.82, 2.24) is 14.8 Å². The number of nitrogens with zero attached hydrogens (tertiary/aromatic N) is 3. The number of halogens is 2. The summed E-state index contributed by atoms with van der Waals surface area (Å²) in [5.41, 5.74) is 1.16. The van der Waals surface area contributed by atoms with E-state index in [1.165, 1.54) is 11.8 Å². The van der Waals surface area contributed by atoms with Crippen LogP contribution in [0.3, 0.4) is 0 Å². The Morgan fingerprint density at radius 2 is 1.76 bits per heavy atom. The maximum Gasteiger partial charge on any atom is 0.234 e. The van der Waals surface area contributed by atoms with Crippen LogP contribution in [0, 0.1) is 0 Å². The summed E-state index contributed by atoms with van der Waals surface area (Å²) in [4.78, 5) is 24.4. The molecule has 2 N–H and O–H groups in total. The minimum absolute atomic E-state index is 0.0727. The maximum absolute atomic E-state index is 12.2. The minimum atomic E-state index is -0.259. The summed E-state index contributed by atoms with van der Waals surface area (Å²) in [6.45, 7) is 0. The van der Waals surface area contributed by atoms with Crippen molar-refractivity contribution in [3.8, 4) is 0 Å². The molecule has 29 heavy (non-hydrogen) atoms. The smallest absolute Gasteiger partial charge is 0.234 e. The van der Waals surface area contributed by atoms with Gasteiger partial charge < -0.3 is 15.2 Å². The molecule has 0 saturated heterocycles. The zero-order chi connectivity index (χ0) is 20.8. The van der Waals surface area contributed by atoms with Crippen molar-refractivity contribution in [2.45, 2.75) is 11.6 Å². The molecule has 0 spiro atoms. The number of hydrogen-bond donors (Lipinski definition) is 2. The minimum Gasteiger partial charge on any atom is -0.326 e. The van der Waals surface area contributed by atoms with Crippen molar-refractivity contribution >= 4 is 58.2 Å². The SMILES string of the molecule is Cn1c(CC(=O)Nc2ccccc2)nnc1SCC(=O)Nc1cccc(Cl)c1Cl. The molecule has 0 bridgehead atoms. The lowest BCUT2D eigenvalue weighted by Crippen LogP contribution is -2.17. The van der Waals surface area contributed by atoms with E-state index in [1.54, 1.807) is 41.9 Å². The Balaban J connectivity index is 1.54. The highest BCUT2D eigenvalue weighted by Crippen LogP contribution is 2.29. The number of carbonyl (C=O) groups is 2. The van der Waals surface area contributed by atoms with Crippen LogP contribution in [0.5, 0.6) is 0 Å². The maximum atomic E-state index is 12.2. The van der Waals surface area contributed by atoms with Gasteiger partial charge in [-0.3, -0.25) is 9.59 Å². The summed E-state index contributed by atoms with van der Waals surface area (Å²) >= 11 is 13.2. The molecule has 10 heteroatoms. The van der Waals surface area contributed by atoms with Gasteiger partial charge in [-0.15, -0.1) is 10.2 Å². The fourth-order valence-electron chi connectivity index (χ4n) is 2.41. The molecule has 1 aromatic heterocycles. The van der Waals surface area contributed by atoms with Crippen LogP contribution < -0.4 is 10.6 Å². The Labute approximate surface area is 181 Å². The number of aromatic nitrogens is 3. The molecule has 1 heterocycles. The number of carbonyl (C=O) groups excluding carboxylic acids is 2. The lowest BCUT2D eigenvalue weighted by Gasteiger charge is -2.08. The molecule has 0 aliphatic heterocycles. The molecule has 2 aromatic carbocycles. The highest BCUT2D eigenvalue weighted by molar-refractivity contribution is 7.99. The van der Waals surface area contributed by atoms with E-state index in [2.05, 4.69) is 20.8 Å². The topological polar surface area (TPSA) is 88.9 Å². The van der Waals surface area contributed by atoms with Crippen LogP contribution >= 0.6 is 35.0 Å². The van der Waals surface area contributed by atoms with E-state index < -0.39 is 0 Å². The van der Waals surface area contributed by atoms with Crippen molar-refractivity contribution in [2.75, 3.05) is 16.4 Å². The molecular formula is C19H17Cl2N5O2S. The Kier molecular flexibility index (Phi) is 7.13. The lowest BCUT2D eigenvalue weighted by atomic mass is 10.3. The number of para-hydroxylation sites is 1. The van der Waals surface area contributed by atoms with Crippen molar-refractivity contribution in [3.05, 3.63) is 64.4 Å². The van der Waals surface area contributed by atoms with Crippen molar-refractivity contribution in [3.63, 3.8) is 0 Å². The van der Waals surface area contributed by atoms with Crippen LogP contribution in [0.15, 0.2) is 53.7 Å². The van der Waals surface area contributed by atoms with Crippen LogP contribution in [0.4, 0.5) is 11.4 Å². The van der Waals surface area contributed by atoms with E-state index in [1.807, 2.05) is 18.2 Å². The van der Waals surface area contributed by atoms with E-state index in [-0.39, 0.29) is 29.0 Å². The Bertz CT molecular complexity index is 1030. The van der Waals surface area contributed by atoms with E-state index in [0.29, 0.717) is 27.4 Å². The first-order valence-electron chi connectivity index (χ1n) is 8.54. The summed E-state index contributed by atoms with van der Waals surface area (Å²) in [5.74, 6) is 0.145. The predicted molar refractivity (Wildman–Crippen MR) is 116 cm³/mol. The fourth-order valence-corrected chi connectivity index (χ4v) is 3.49. The van der Waals surface area contributed by atoms with Crippen LogP contribution in [-0.4, -0.2) is 32.3 Å². The van der Waals surface area contributed by atoms with Gasteiger partial charge in [0.05, 0.1) is 27.9 Å². The summed E-state index contributed by atoms with van der Waals surface area (Å²) in [7, 11) is 1.75. The monoisotopic (exact) mass is 449 g/mol. The number of benzene rings is 2. The first-order valence-corrected chi connectivity index (χ1v) is 10.3. The number of rotatable bonds is 7. The van der Waals surface area contributed by atoms with E-state index in [9.17, 15) is 9.59 Å². The second kappa shape index (κ2) is 9.78. The highest BCUT2D eigenvalue weighted by atomic mass is 35.5. The molecule has 150 valence electrons. The molecule has 0 aliphatic rings. The van der Waals surface area contributed by atoms with E-state index in [4.69, 9.17) is 23.2 Å².